The van der Waals surface area contributed by atoms with E-state index in [1.165, 1.54) is 5.56 Å². The van der Waals surface area contributed by atoms with Gasteiger partial charge in [0.05, 0.1) is 7.11 Å². The standard InChI is InChI=1S/C15H25NO2/c1-11(2)14(10-17)9-16-8-13-5-6-15(18-4)12(3)7-13/h5-7,11,14,16-17H,8-10H2,1-4H3. The Labute approximate surface area is 110 Å². The van der Waals surface area contributed by atoms with E-state index in [-0.39, 0.29) is 6.61 Å². The average molecular weight is 251 g/mol. The van der Waals surface area contributed by atoms with Crippen molar-refractivity contribution in [2.24, 2.45) is 11.8 Å². The second kappa shape index (κ2) is 7.39. The van der Waals surface area contributed by atoms with Gasteiger partial charge in [0.15, 0.2) is 0 Å². The minimum Gasteiger partial charge on any atom is -0.496 e. The zero-order valence-electron chi connectivity index (χ0n) is 11.9. The van der Waals surface area contributed by atoms with E-state index in [4.69, 9.17) is 4.74 Å². The van der Waals surface area contributed by atoms with Crippen molar-refractivity contribution < 1.29 is 9.84 Å². The molecule has 0 bridgehead atoms. The summed E-state index contributed by atoms with van der Waals surface area (Å²) in [6.07, 6.45) is 0. The van der Waals surface area contributed by atoms with Crippen molar-refractivity contribution in [2.45, 2.75) is 27.3 Å². The van der Waals surface area contributed by atoms with Crippen LogP contribution in [-0.2, 0) is 6.54 Å². The highest BCUT2D eigenvalue weighted by Gasteiger charge is 2.11. The van der Waals surface area contributed by atoms with E-state index in [2.05, 4.69) is 31.3 Å². The molecule has 0 heterocycles. The van der Waals surface area contributed by atoms with Crippen LogP contribution in [-0.4, -0.2) is 25.4 Å². The Kier molecular flexibility index (Phi) is 6.16. The van der Waals surface area contributed by atoms with Gasteiger partial charge >= 0.3 is 0 Å². The summed E-state index contributed by atoms with van der Waals surface area (Å²) in [4.78, 5) is 0. The molecule has 1 rings (SSSR count). The minimum atomic E-state index is 0.242. The summed E-state index contributed by atoms with van der Waals surface area (Å²) in [6, 6.07) is 6.20. The lowest BCUT2D eigenvalue weighted by atomic mass is 9.97. The zero-order valence-corrected chi connectivity index (χ0v) is 11.9. The molecule has 0 aliphatic heterocycles. The van der Waals surface area contributed by atoms with Gasteiger partial charge in [0.25, 0.3) is 0 Å². The van der Waals surface area contributed by atoms with Crippen molar-refractivity contribution in [3.05, 3.63) is 29.3 Å². The molecule has 1 aromatic carbocycles. The maximum Gasteiger partial charge on any atom is 0.121 e. The van der Waals surface area contributed by atoms with Crippen LogP contribution in [0.15, 0.2) is 18.2 Å². The molecule has 0 saturated heterocycles. The first-order valence-electron chi connectivity index (χ1n) is 6.53. The number of benzene rings is 1. The molecule has 0 radical (unpaired) electrons. The van der Waals surface area contributed by atoms with E-state index in [0.717, 1.165) is 24.4 Å². The molecule has 0 saturated carbocycles. The highest BCUT2D eigenvalue weighted by Crippen LogP contribution is 2.18. The summed E-state index contributed by atoms with van der Waals surface area (Å²) in [7, 11) is 1.69. The molecule has 0 spiro atoms. The number of aryl methyl sites for hydroxylation is 1. The SMILES string of the molecule is COc1ccc(CNCC(CO)C(C)C)cc1C. The Morgan fingerprint density at radius 2 is 2.06 bits per heavy atom. The summed E-state index contributed by atoms with van der Waals surface area (Å²) in [5, 5.41) is 12.6. The Morgan fingerprint density at radius 1 is 1.33 bits per heavy atom. The lowest BCUT2D eigenvalue weighted by molar-refractivity contribution is 0.186. The first-order valence-corrected chi connectivity index (χ1v) is 6.53. The molecule has 1 atom stereocenters. The van der Waals surface area contributed by atoms with Crippen LogP contribution in [0.1, 0.15) is 25.0 Å². The van der Waals surface area contributed by atoms with Crippen LogP contribution in [0.3, 0.4) is 0 Å². The normalized spacial score (nSPS) is 12.8. The van der Waals surface area contributed by atoms with Crippen molar-refractivity contribution in [1.29, 1.82) is 0 Å². The fourth-order valence-electron chi connectivity index (χ4n) is 1.96. The molecule has 0 fully saturated rings. The van der Waals surface area contributed by atoms with Gasteiger partial charge in [0, 0.05) is 19.7 Å². The van der Waals surface area contributed by atoms with Gasteiger partial charge in [0.2, 0.25) is 0 Å². The van der Waals surface area contributed by atoms with Crippen LogP contribution in [0.25, 0.3) is 0 Å². The zero-order chi connectivity index (χ0) is 13.5. The summed E-state index contributed by atoms with van der Waals surface area (Å²) < 4.78 is 5.24. The number of aliphatic hydroxyl groups excluding tert-OH is 1. The molecule has 3 nitrogen and oxygen atoms in total. The monoisotopic (exact) mass is 251 g/mol. The Morgan fingerprint density at radius 3 is 2.56 bits per heavy atom. The summed E-state index contributed by atoms with van der Waals surface area (Å²) in [5.41, 5.74) is 2.40. The van der Waals surface area contributed by atoms with E-state index in [1.807, 2.05) is 13.0 Å². The van der Waals surface area contributed by atoms with Crippen LogP contribution >= 0.6 is 0 Å². The highest BCUT2D eigenvalue weighted by molar-refractivity contribution is 5.36. The maximum atomic E-state index is 9.25. The van der Waals surface area contributed by atoms with Gasteiger partial charge in [-0.25, -0.2) is 0 Å². The molecule has 0 aliphatic carbocycles. The fourth-order valence-corrected chi connectivity index (χ4v) is 1.96. The quantitative estimate of drug-likeness (QED) is 0.781. The average Bonchev–Trinajstić information content (AvgIpc) is 2.34. The number of aliphatic hydroxyl groups is 1. The molecule has 18 heavy (non-hydrogen) atoms. The molecular formula is C15H25NO2. The van der Waals surface area contributed by atoms with Gasteiger partial charge in [-0.1, -0.05) is 26.0 Å². The van der Waals surface area contributed by atoms with E-state index >= 15 is 0 Å². The number of nitrogens with one attached hydrogen (secondary N) is 1. The lowest BCUT2D eigenvalue weighted by Crippen LogP contribution is -2.28. The van der Waals surface area contributed by atoms with Crippen LogP contribution in [0.5, 0.6) is 5.75 Å². The van der Waals surface area contributed by atoms with Gasteiger partial charge in [0.1, 0.15) is 5.75 Å². The topological polar surface area (TPSA) is 41.5 Å². The van der Waals surface area contributed by atoms with E-state index in [1.54, 1.807) is 7.11 Å². The Balaban J connectivity index is 2.46. The number of rotatable bonds is 7. The molecule has 2 N–H and O–H groups in total. The first-order chi connectivity index (χ1) is 8.58. The molecule has 1 aromatic rings. The van der Waals surface area contributed by atoms with Crippen LogP contribution in [0.2, 0.25) is 0 Å². The lowest BCUT2D eigenvalue weighted by Gasteiger charge is -2.18. The number of ether oxygens (including phenoxy) is 1. The number of hydrogen-bond donors (Lipinski definition) is 2. The molecule has 0 amide bonds. The Bertz CT molecular complexity index is 364. The Hall–Kier alpha value is -1.06. The number of methoxy groups -OCH3 is 1. The third-order valence-electron chi connectivity index (χ3n) is 3.37. The van der Waals surface area contributed by atoms with Crippen molar-refractivity contribution in [3.8, 4) is 5.75 Å². The predicted molar refractivity (Wildman–Crippen MR) is 74.9 cm³/mol. The smallest absolute Gasteiger partial charge is 0.121 e. The second-order valence-electron chi connectivity index (χ2n) is 5.12. The number of hydrogen-bond acceptors (Lipinski definition) is 3. The summed E-state index contributed by atoms with van der Waals surface area (Å²) in [6.45, 7) is 8.24. The van der Waals surface area contributed by atoms with E-state index in [0.29, 0.717) is 11.8 Å². The summed E-state index contributed by atoms with van der Waals surface area (Å²) in [5.74, 6) is 1.75. The molecule has 0 aromatic heterocycles. The third-order valence-corrected chi connectivity index (χ3v) is 3.37. The largest absolute Gasteiger partial charge is 0.496 e. The first kappa shape index (κ1) is 15.0. The molecular weight excluding hydrogens is 226 g/mol. The van der Waals surface area contributed by atoms with E-state index in [9.17, 15) is 5.11 Å². The maximum absolute atomic E-state index is 9.25. The fraction of sp³-hybridized carbons (Fsp3) is 0.600. The summed E-state index contributed by atoms with van der Waals surface area (Å²) >= 11 is 0. The predicted octanol–water partition coefficient (Wildman–Crippen LogP) is 2.36. The molecule has 1 unspecified atom stereocenters. The van der Waals surface area contributed by atoms with Gasteiger partial charge in [-0.3, -0.25) is 0 Å². The van der Waals surface area contributed by atoms with Gasteiger partial charge in [-0.2, -0.15) is 0 Å². The minimum absolute atomic E-state index is 0.242. The second-order valence-corrected chi connectivity index (χ2v) is 5.12. The van der Waals surface area contributed by atoms with Crippen molar-refractivity contribution in [2.75, 3.05) is 20.3 Å². The molecule has 102 valence electrons. The van der Waals surface area contributed by atoms with Gasteiger partial charge in [-0.05, 0) is 36.0 Å². The van der Waals surface area contributed by atoms with Crippen LogP contribution in [0, 0.1) is 18.8 Å². The van der Waals surface area contributed by atoms with Crippen molar-refractivity contribution >= 4 is 0 Å². The third kappa shape index (κ3) is 4.31. The van der Waals surface area contributed by atoms with Crippen LogP contribution < -0.4 is 10.1 Å². The van der Waals surface area contributed by atoms with Crippen molar-refractivity contribution in [1.82, 2.24) is 5.32 Å². The molecule has 0 aliphatic rings. The van der Waals surface area contributed by atoms with Crippen molar-refractivity contribution in [3.63, 3.8) is 0 Å². The van der Waals surface area contributed by atoms with E-state index < -0.39 is 0 Å². The van der Waals surface area contributed by atoms with Gasteiger partial charge < -0.3 is 15.2 Å². The van der Waals surface area contributed by atoms with Gasteiger partial charge in [-0.15, -0.1) is 0 Å². The highest BCUT2D eigenvalue weighted by atomic mass is 16.5. The molecule has 3 heteroatoms. The van der Waals surface area contributed by atoms with Crippen LogP contribution in [0.4, 0.5) is 0 Å².